The van der Waals surface area contributed by atoms with E-state index in [0.717, 1.165) is 0 Å². The van der Waals surface area contributed by atoms with Gasteiger partial charge in [0.15, 0.2) is 0 Å². The first-order chi connectivity index (χ1) is 7.41. The second kappa shape index (κ2) is 14.8. The molecule has 0 nitrogen and oxygen atoms in total. The van der Waals surface area contributed by atoms with E-state index in [1.807, 2.05) is 11.4 Å². The molecule has 0 aromatic heterocycles. The molecule has 0 fully saturated rings. The Morgan fingerprint density at radius 1 is 0.667 bits per heavy atom. The van der Waals surface area contributed by atoms with E-state index in [2.05, 4.69) is 15.4 Å². The van der Waals surface area contributed by atoms with E-state index in [1.165, 1.54) is 76.4 Å². The lowest BCUT2D eigenvalue weighted by Gasteiger charge is -2.01. The van der Waals surface area contributed by atoms with Crippen LogP contribution in [-0.4, -0.2) is 5.75 Å². The third-order valence-corrected chi connectivity index (χ3v) is 4.10. The fourth-order valence-corrected chi connectivity index (χ4v) is 2.72. The van der Waals surface area contributed by atoms with Crippen molar-refractivity contribution in [2.24, 2.45) is 0 Å². The van der Waals surface area contributed by atoms with Gasteiger partial charge in [-0.05, 0) is 12.2 Å². The van der Waals surface area contributed by atoms with Gasteiger partial charge in [-0.2, -0.15) is 0 Å². The fourth-order valence-electron chi connectivity index (χ4n) is 1.85. The summed E-state index contributed by atoms with van der Waals surface area (Å²) in [6.07, 6.45) is 15.9. The summed E-state index contributed by atoms with van der Waals surface area (Å²) in [4.78, 5) is 0. The van der Waals surface area contributed by atoms with E-state index in [1.54, 1.807) is 0 Å². The fraction of sp³-hybridized carbons (Fsp3) is 1.00. The zero-order chi connectivity index (χ0) is 11.2. The number of hydrogen-bond acceptors (Lipinski definition) is 1. The third-order valence-electron chi connectivity index (χ3n) is 2.87. The number of rotatable bonds is 12. The zero-order valence-corrected chi connectivity index (χ0v) is 12.4. The van der Waals surface area contributed by atoms with Crippen molar-refractivity contribution in [2.75, 3.05) is 5.75 Å². The van der Waals surface area contributed by atoms with Crippen molar-refractivity contribution in [1.29, 1.82) is 0 Å². The standard InChI is InChI=1S/C13H29PS/c1-2-3-4-5-6-7-8-9-10-11-12-13-15-14/h2-14H2,1H3. The Balaban J connectivity index is 2.81. The molecule has 0 amide bonds. The second-order valence-electron chi connectivity index (χ2n) is 4.41. The van der Waals surface area contributed by atoms with E-state index in [0.29, 0.717) is 0 Å². The van der Waals surface area contributed by atoms with Crippen molar-refractivity contribution in [3.63, 3.8) is 0 Å². The molecule has 0 aliphatic carbocycles. The molecule has 15 heavy (non-hydrogen) atoms. The van der Waals surface area contributed by atoms with E-state index in [-0.39, 0.29) is 0 Å². The van der Waals surface area contributed by atoms with Crippen molar-refractivity contribution < 1.29 is 0 Å². The summed E-state index contributed by atoms with van der Waals surface area (Å²) in [5, 5.41) is 0. The lowest BCUT2D eigenvalue weighted by molar-refractivity contribution is 0.555. The van der Waals surface area contributed by atoms with Crippen molar-refractivity contribution in [3.8, 4) is 0 Å². The molecule has 0 saturated carbocycles. The first-order valence-corrected chi connectivity index (χ1v) is 9.19. The van der Waals surface area contributed by atoms with Crippen LogP contribution < -0.4 is 0 Å². The van der Waals surface area contributed by atoms with Gasteiger partial charge in [-0.3, -0.25) is 0 Å². The number of hydrogen-bond donors (Lipinski definition) is 0. The molecule has 0 bridgehead atoms. The summed E-state index contributed by atoms with van der Waals surface area (Å²) in [5.41, 5.74) is 0. The van der Waals surface area contributed by atoms with Gasteiger partial charge >= 0.3 is 0 Å². The van der Waals surface area contributed by atoms with Crippen LogP contribution in [0.4, 0.5) is 0 Å². The van der Waals surface area contributed by atoms with Gasteiger partial charge in [-0.15, -0.1) is 11.4 Å². The maximum atomic E-state index is 2.73. The minimum Gasteiger partial charge on any atom is -0.141 e. The monoisotopic (exact) mass is 248 g/mol. The van der Waals surface area contributed by atoms with Crippen LogP contribution in [0, 0.1) is 0 Å². The number of unbranched alkanes of at least 4 members (excludes halogenated alkanes) is 10. The summed E-state index contributed by atoms with van der Waals surface area (Å²) >= 11 is 1.90. The molecule has 0 heterocycles. The molecule has 0 aromatic rings. The predicted molar refractivity (Wildman–Crippen MR) is 78.6 cm³/mol. The highest BCUT2D eigenvalue weighted by Crippen LogP contribution is 2.15. The molecule has 0 spiro atoms. The Labute approximate surface area is 103 Å². The molecule has 0 rings (SSSR count). The lowest BCUT2D eigenvalue weighted by Crippen LogP contribution is -1.82. The van der Waals surface area contributed by atoms with Crippen molar-refractivity contribution in [1.82, 2.24) is 0 Å². The van der Waals surface area contributed by atoms with Gasteiger partial charge in [0.1, 0.15) is 0 Å². The molecule has 0 N–H and O–H groups in total. The minimum atomic E-state index is 1.32. The van der Waals surface area contributed by atoms with Crippen LogP contribution in [0.25, 0.3) is 0 Å². The van der Waals surface area contributed by atoms with Crippen molar-refractivity contribution >= 4 is 19.8 Å². The van der Waals surface area contributed by atoms with Crippen LogP contribution in [0.15, 0.2) is 0 Å². The summed E-state index contributed by atoms with van der Waals surface area (Å²) in [6.45, 7) is 2.28. The van der Waals surface area contributed by atoms with Gasteiger partial charge in [0.25, 0.3) is 0 Å². The molecule has 0 aliphatic rings. The van der Waals surface area contributed by atoms with Gasteiger partial charge in [0, 0.05) is 0 Å². The Morgan fingerprint density at radius 3 is 1.47 bits per heavy atom. The Morgan fingerprint density at radius 2 is 1.07 bits per heavy atom. The summed E-state index contributed by atoms with van der Waals surface area (Å²) < 4.78 is 0. The average molecular weight is 248 g/mol. The molecular formula is C13H29PS. The normalized spacial score (nSPS) is 10.8. The van der Waals surface area contributed by atoms with Gasteiger partial charge < -0.3 is 0 Å². The molecular weight excluding hydrogens is 219 g/mol. The van der Waals surface area contributed by atoms with Crippen molar-refractivity contribution in [3.05, 3.63) is 0 Å². The molecule has 1 atom stereocenters. The first-order valence-electron chi connectivity index (χ1n) is 6.73. The quantitative estimate of drug-likeness (QED) is 0.310. The van der Waals surface area contributed by atoms with Gasteiger partial charge in [0.05, 0.1) is 0 Å². The third kappa shape index (κ3) is 14.8. The van der Waals surface area contributed by atoms with Crippen LogP contribution in [0.1, 0.15) is 77.6 Å². The van der Waals surface area contributed by atoms with Crippen LogP contribution in [-0.2, 0) is 0 Å². The van der Waals surface area contributed by atoms with Crippen molar-refractivity contribution in [2.45, 2.75) is 77.6 Å². The van der Waals surface area contributed by atoms with E-state index in [9.17, 15) is 0 Å². The van der Waals surface area contributed by atoms with Crippen LogP contribution >= 0.6 is 19.8 Å². The van der Waals surface area contributed by atoms with Crippen LogP contribution in [0.3, 0.4) is 0 Å². The highest BCUT2D eigenvalue weighted by molar-refractivity contribution is 8.43. The van der Waals surface area contributed by atoms with Crippen LogP contribution in [0.2, 0.25) is 0 Å². The molecule has 1 unspecified atom stereocenters. The zero-order valence-electron chi connectivity index (χ0n) is 10.5. The Hall–Kier alpha value is 0.780. The van der Waals surface area contributed by atoms with E-state index < -0.39 is 0 Å². The van der Waals surface area contributed by atoms with Gasteiger partial charge in [-0.25, -0.2) is 0 Å². The Bertz CT molecular complexity index is 94.7. The highest BCUT2D eigenvalue weighted by atomic mass is 32.7. The largest absolute Gasteiger partial charge is 0.141 e. The summed E-state index contributed by atoms with van der Waals surface area (Å²) in [7, 11) is 2.73. The molecule has 0 aliphatic heterocycles. The minimum absolute atomic E-state index is 1.32. The van der Waals surface area contributed by atoms with E-state index in [4.69, 9.17) is 0 Å². The smallest absolute Gasteiger partial charge is 0.00310 e. The molecule has 0 radical (unpaired) electrons. The predicted octanol–water partition coefficient (Wildman–Crippen LogP) is 5.82. The topological polar surface area (TPSA) is 0 Å². The maximum absolute atomic E-state index is 2.73. The van der Waals surface area contributed by atoms with Gasteiger partial charge in [-0.1, -0.05) is 79.6 Å². The first kappa shape index (κ1) is 15.8. The molecule has 0 saturated heterocycles. The molecule has 92 valence electrons. The molecule has 2 heteroatoms. The summed E-state index contributed by atoms with van der Waals surface area (Å²) in [6, 6.07) is 0. The van der Waals surface area contributed by atoms with E-state index >= 15 is 0 Å². The van der Waals surface area contributed by atoms with Gasteiger partial charge in [0.2, 0.25) is 0 Å². The average Bonchev–Trinajstić information content (AvgIpc) is 2.26. The second-order valence-corrected chi connectivity index (χ2v) is 6.15. The lowest BCUT2D eigenvalue weighted by atomic mass is 10.1. The SMILES string of the molecule is CCCCCCCCCCCCCSP. The summed E-state index contributed by atoms with van der Waals surface area (Å²) in [5.74, 6) is 1.32. The maximum Gasteiger partial charge on any atom is -0.00310 e. The Kier molecular flexibility index (Phi) is 15.5. The van der Waals surface area contributed by atoms with Crippen LogP contribution in [0.5, 0.6) is 0 Å². The highest BCUT2D eigenvalue weighted by Gasteiger charge is 1.92. The molecule has 0 aromatic carbocycles.